The van der Waals surface area contributed by atoms with Crippen molar-refractivity contribution in [3.63, 3.8) is 0 Å². The first-order chi connectivity index (χ1) is 8.95. The first-order valence-electron chi connectivity index (χ1n) is 5.62. The summed E-state index contributed by atoms with van der Waals surface area (Å²) in [6, 6.07) is 2.69. The number of carboxylic acid groups (broad SMARTS) is 1. The number of carbonyl (C=O) groups is 1. The van der Waals surface area contributed by atoms with Gasteiger partial charge in [0.2, 0.25) is 0 Å². The third-order valence-corrected chi connectivity index (χ3v) is 2.94. The molecule has 0 aliphatic heterocycles. The SMILES string of the molecule is COc1cc(C(=O)O)cc(-c2c(C)n[nH]c2C)c1O. The van der Waals surface area contributed by atoms with Crippen molar-refractivity contribution in [2.45, 2.75) is 13.8 Å². The lowest BCUT2D eigenvalue weighted by atomic mass is 9.99. The normalized spacial score (nSPS) is 10.5. The number of rotatable bonds is 3. The summed E-state index contributed by atoms with van der Waals surface area (Å²) in [6.07, 6.45) is 0. The number of aromatic nitrogens is 2. The number of aromatic amines is 1. The number of phenolic OH excluding ortho intramolecular Hbond substituents is 1. The highest BCUT2D eigenvalue weighted by Gasteiger charge is 2.19. The molecule has 0 amide bonds. The Balaban J connectivity index is 2.75. The summed E-state index contributed by atoms with van der Waals surface area (Å²) in [4.78, 5) is 11.1. The fourth-order valence-corrected chi connectivity index (χ4v) is 2.03. The molecule has 0 unspecified atom stereocenters. The number of hydrogen-bond donors (Lipinski definition) is 3. The van der Waals surface area contributed by atoms with Gasteiger partial charge in [0.1, 0.15) is 0 Å². The van der Waals surface area contributed by atoms with Crippen molar-refractivity contribution in [1.82, 2.24) is 10.2 Å². The number of nitrogens with one attached hydrogen (secondary N) is 1. The predicted octanol–water partition coefficient (Wildman–Crippen LogP) is 2.11. The first kappa shape index (κ1) is 12.9. The average Bonchev–Trinajstić information content (AvgIpc) is 2.69. The summed E-state index contributed by atoms with van der Waals surface area (Å²) in [7, 11) is 1.37. The molecule has 100 valence electrons. The molecule has 0 saturated heterocycles. The van der Waals surface area contributed by atoms with Gasteiger partial charge in [0.05, 0.1) is 18.4 Å². The van der Waals surface area contributed by atoms with E-state index in [1.807, 2.05) is 0 Å². The smallest absolute Gasteiger partial charge is 0.335 e. The van der Waals surface area contributed by atoms with Crippen LogP contribution in [0.4, 0.5) is 0 Å². The van der Waals surface area contributed by atoms with E-state index in [1.165, 1.54) is 19.2 Å². The Kier molecular flexibility index (Phi) is 3.16. The molecule has 3 N–H and O–H groups in total. The van der Waals surface area contributed by atoms with Gasteiger partial charge in [0.15, 0.2) is 11.5 Å². The highest BCUT2D eigenvalue weighted by molar-refractivity contribution is 5.92. The molecule has 1 heterocycles. The van der Waals surface area contributed by atoms with Crippen LogP contribution in [-0.4, -0.2) is 33.5 Å². The van der Waals surface area contributed by atoms with Gasteiger partial charge in [-0.1, -0.05) is 0 Å². The zero-order valence-electron chi connectivity index (χ0n) is 10.8. The molecule has 0 fully saturated rings. The van der Waals surface area contributed by atoms with Crippen molar-refractivity contribution >= 4 is 5.97 Å². The number of aromatic carboxylic acids is 1. The molecule has 1 aromatic heterocycles. The van der Waals surface area contributed by atoms with Crippen molar-refractivity contribution in [2.24, 2.45) is 0 Å². The molecule has 6 heteroatoms. The quantitative estimate of drug-likeness (QED) is 0.787. The minimum atomic E-state index is -1.08. The van der Waals surface area contributed by atoms with E-state index in [0.29, 0.717) is 16.8 Å². The maximum absolute atomic E-state index is 11.1. The van der Waals surface area contributed by atoms with E-state index in [-0.39, 0.29) is 17.1 Å². The van der Waals surface area contributed by atoms with Crippen LogP contribution in [0.2, 0.25) is 0 Å². The Labute approximate surface area is 109 Å². The Morgan fingerprint density at radius 3 is 2.53 bits per heavy atom. The summed E-state index contributed by atoms with van der Waals surface area (Å²) in [5.74, 6) is -1.06. The lowest BCUT2D eigenvalue weighted by molar-refractivity contribution is 0.0696. The van der Waals surface area contributed by atoms with Gasteiger partial charge in [-0.2, -0.15) is 5.10 Å². The highest BCUT2D eigenvalue weighted by atomic mass is 16.5. The van der Waals surface area contributed by atoms with Gasteiger partial charge in [-0.25, -0.2) is 4.79 Å². The van der Waals surface area contributed by atoms with Crippen LogP contribution in [-0.2, 0) is 0 Å². The molecule has 6 nitrogen and oxygen atoms in total. The van der Waals surface area contributed by atoms with Crippen LogP contribution in [0.25, 0.3) is 11.1 Å². The molecular weight excluding hydrogens is 248 g/mol. The van der Waals surface area contributed by atoms with Crippen molar-refractivity contribution in [2.75, 3.05) is 7.11 Å². The molecule has 0 spiro atoms. The maximum Gasteiger partial charge on any atom is 0.335 e. The predicted molar refractivity (Wildman–Crippen MR) is 68.7 cm³/mol. The summed E-state index contributed by atoms with van der Waals surface area (Å²) < 4.78 is 5.01. The molecule has 0 aliphatic rings. The minimum Gasteiger partial charge on any atom is -0.504 e. The van der Waals surface area contributed by atoms with E-state index in [0.717, 1.165) is 5.69 Å². The number of aromatic hydroxyl groups is 1. The van der Waals surface area contributed by atoms with Crippen molar-refractivity contribution in [1.29, 1.82) is 0 Å². The molecule has 0 saturated carbocycles. The Morgan fingerprint density at radius 2 is 2.05 bits per heavy atom. The van der Waals surface area contributed by atoms with Gasteiger partial charge < -0.3 is 14.9 Å². The number of phenols is 1. The minimum absolute atomic E-state index is 0.0460. The summed E-state index contributed by atoms with van der Waals surface area (Å²) in [6.45, 7) is 3.58. The Morgan fingerprint density at radius 1 is 1.37 bits per heavy atom. The molecule has 19 heavy (non-hydrogen) atoms. The van der Waals surface area contributed by atoms with Gasteiger partial charge >= 0.3 is 5.97 Å². The number of hydrogen-bond acceptors (Lipinski definition) is 4. The number of aryl methyl sites for hydroxylation is 2. The average molecular weight is 262 g/mol. The van der Waals surface area contributed by atoms with Crippen LogP contribution in [0, 0.1) is 13.8 Å². The third kappa shape index (κ3) is 2.12. The van der Waals surface area contributed by atoms with Gasteiger partial charge in [-0.3, -0.25) is 5.10 Å². The lowest BCUT2D eigenvalue weighted by Crippen LogP contribution is -1.99. The van der Waals surface area contributed by atoms with E-state index in [4.69, 9.17) is 9.84 Å². The Hall–Kier alpha value is -2.50. The van der Waals surface area contributed by atoms with Gasteiger partial charge in [-0.15, -0.1) is 0 Å². The standard InChI is InChI=1S/C13H14N2O4/c1-6-11(7(2)15-14-6)9-4-8(13(17)18)5-10(19-3)12(9)16/h4-5,16H,1-3H3,(H,14,15)(H,17,18). The zero-order chi connectivity index (χ0) is 14.2. The second-order valence-electron chi connectivity index (χ2n) is 4.19. The fourth-order valence-electron chi connectivity index (χ4n) is 2.03. The highest BCUT2D eigenvalue weighted by Crippen LogP contribution is 2.40. The van der Waals surface area contributed by atoms with Crippen molar-refractivity contribution < 1.29 is 19.7 Å². The van der Waals surface area contributed by atoms with E-state index in [1.54, 1.807) is 13.8 Å². The van der Waals surface area contributed by atoms with Crippen molar-refractivity contribution in [3.05, 3.63) is 29.1 Å². The largest absolute Gasteiger partial charge is 0.504 e. The third-order valence-electron chi connectivity index (χ3n) is 2.94. The van der Waals surface area contributed by atoms with Crippen LogP contribution < -0.4 is 4.74 Å². The number of ether oxygens (including phenoxy) is 1. The molecule has 0 bridgehead atoms. The summed E-state index contributed by atoms with van der Waals surface area (Å²) in [5, 5.41) is 26.1. The van der Waals surface area contributed by atoms with E-state index in [9.17, 15) is 9.90 Å². The van der Waals surface area contributed by atoms with Gasteiger partial charge in [0, 0.05) is 16.8 Å². The monoisotopic (exact) mass is 262 g/mol. The molecular formula is C13H14N2O4. The summed E-state index contributed by atoms with van der Waals surface area (Å²) >= 11 is 0. The number of H-pyrrole nitrogens is 1. The molecule has 1 aromatic carbocycles. The maximum atomic E-state index is 11.1. The lowest BCUT2D eigenvalue weighted by Gasteiger charge is -2.11. The fraction of sp³-hybridized carbons (Fsp3) is 0.231. The zero-order valence-corrected chi connectivity index (χ0v) is 10.8. The van der Waals surface area contributed by atoms with E-state index < -0.39 is 5.97 Å². The molecule has 2 aromatic rings. The molecule has 0 radical (unpaired) electrons. The molecule has 2 rings (SSSR count). The topological polar surface area (TPSA) is 95.4 Å². The number of methoxy groups -OCH3 is 1. The number of carboxylic acids is 1. The first-order valence-corrected chi connectivity index (χ1v) is 5.62. The van der Waals surface area contributed by atoms with Crippen LogP contribution in [0.5, 0.6) is 11.5 Å². The van der Waals surface area contributed by atoms with Crippen LogP contribution in [0.15, 0.2) is 12.1 Å². The second-order valence-corrected chi connectivity index (χ2v) is 4.19. The van der Waals surface area contributed by atoms with Crippen molar-refractivity contribution in [3.8, 4) is 22.6 Å². The summed E-state index contributed by atoms with van der Waals surface area (Å²) in [5.41, 5.74) is 2.54. The number of nitrogens with zero attached hydrogens (tertiary/aromatic N) is 1. The van der Waals surface area contributed by atoms with E-state index in [2.05, 4.69) is 10.2 Å². The van der Waals surface area contributed by atoms with E-state index >= 15 is 0 Å². The Bertz CT molecular complexity index is 627. The van der Waals surface area contributed by atoms with Crippen LogP contribution in [0.3, 0.4) is 0 Å². The van der Waals surface area contributed by atoms with Crippen LogP contribution in [0.1, 0.15) is 21.7 Å². The van der Waals surface area contributed by atoms with Crippen LogP contribution >= 0.6 is 0 Å². The van der Waals surface area contributed by atoms with Gasteiger partial charge in [0.25, 0.3) is 0 Å². The number of benzene rings is 1. The molecule has 0 aliphatic carbocycles. The molecule has 0 atom stereocenters. The second kappa shape index (κ2) is 4.64. The van der Waals surface area contributed by atoms with Gasteiger partial charge in [-0.05, 0) is 26.0 Å².